The van der Waals surface area contributed by atoms with Crippen LogP contribution < -0.4 is 0 Å². The van der Waals surface area contributed by atoms with Gasteiger partial charge in [-0.1, -0.05) is 55.4 Å². The van der Waals surface area contributed by atoms with Crippen molar-refractivity contribution in [3.63, 3.8) is 0 Å². The molecule has 0 fully saturated rings. The summed E-state index contributed by atoms with van der Waals surface area (Å²) < 4.78 is 0. The van der Waals surface area contributed by atoms with Gasteiger partial charge in [-0.3, -0.25) is 0 Å². The minimum Gasteiger partial charge on any atom is -0.351 e. The summed E-state index contributed by atoms with van der Waals surface area (Å²) >= 11 is 0. The molecule has 0 aliphatic carbocycles. The van der Waals surface area contributed by atoms with E-state index in [0.717, 1.165) is 0 Å². The van der Waals surface area contributed by atoms with Crippen molar-refractivity contribution >= 4 is 7.53 Å². The lowest BCUT2D eigenvalue weighted by molar-refractivity contribution is 0.0604. The Morgan fingerprint density at radius 1 is 0.955 bits per heavy atom. The van der Waals surface area contributed by atoms with E-state index in [-0.39, 0.29) is 11.3 Å². The third kappa shape index (κ3) is 5.07. The molecule has 1 aromatic rings. The summed E-state index contributed by atoms with van der Waals surface area (Å²) in [5.41, 5.74) is 1.98. The largest absolute Gasteiger partial charge is 0.351 e. The van der Waals surface area contributed by atoms with E-state index in [0.29, 0.717) is 11.3 Å². The van der Waals surface area contributed by atoms with E-state index in [9.17, 15) is 5.11 Å². The van der Waals surface area contributed by atoms with Crippen LogP contribution in [0.25, 0.3) is 0 Å². The van der Waals surface area contributed by atoms with Gasteiger partial charge in [0.05, 0.1) is 0 Å². The smallest absolute Gasteiger partial charge is 0.226 e. The topological polar surface area (TPSA) is 20.2 Å². The van der Waals surface area contributed by atoms with E-state index in [1.807, 2.05) is 6.92 Å². The van der Waals surface area contributed by atoms with Crippen LogP contribution in [0.15, 0.2) is 23.7 Å². The van der Waals surface area contributed by atoms with Gasteiger partial charge in [-0.25, -0.2) is 0 Å². The second-order valence-electron chi connectivity index (χ2n) is 9.47. The molecule has 22 heavy (non-hydrogen) atoms. The fourth-order valence-electron chi connectivity index (χ4n) is 2.81. The summed E-state index contributed by atoms with van der Waals surface area (Å²) in [4.78, 5) is 0. The zero-order valence-electron chi connectivity index (χ0n) is 16.1. The van der Waals surface area contributed by atoms with Gasteiger partial charge < -0.3 is 5.11 Å². The van der Waals surface area contributed by atoms with E-state index in [4.69, 9.17) is 0 Å². The van der Waals surface area contributed by atoms with Crippen molar-refractivity contribution in [1.29, 1.82) is 0 Å². The first-order valence-corrected chi connectivity index (χ1v) is 9.97. The van der Waals surface area contributed by atoms with E-state index in [1.54, 1.807) is 0 Å². The average Bonchev–Trinajstić information content (AvgIpc) is 2.33. The second-order valence-corrected chi connectivity index (χ2v) is 11.8. The summed E-state index contributed by atoms with van der Waals surface area (Å²) in [6.45, 7) is 20.1. The third-order valence-electron chi connectivity index (χ3n) is 4.74. The highest BCUT2D eigenvalue weighted by atomic mass is 31.1. The molecule has 1 N–H and O–H groups in total. The summed E-state index contributed by atoms with van der Waals surface area (Å²) in [6.07, 6.45) is 1.18. The highest BCUT2D eigenvalue weighted by Gasteiger charge is 2.38. The average molecular weight is 323 g/mol. The Morgan fingerprint density at radius 3 is 1.73 bits per heavy atom. The van der Waals surface area contributed by atoms with Crippen molar-refractivity contribution in [1.82, 2.24) is 0 Å². The van der Waals surface area contributed by atoms with Gasteiger partial charge in [-0.15, -0.1) is 0 Å². The summed E-state index contributed by atoms with van der Waals surface area (Å²) in [6, 6.07) is 4.56. The van der Waals surface area contributed by atoms with E-state index in [1.165, 1.54) is 12.0 Å². The first-order valence-electron chi connectivity index (χ1n) is 8.49. The molecular weight excluding hydrogens is 287 g/mol. The molecule has 2 atom stereocenters. The molecule has 0 radical (unpaired) electrons. The SMILES string of the molecule is CC(C)C(C)(O)[p+]1ccc(C(CC(C)(C)C)C(C)(C)C)cc1. The monoisotopic (exact) mass is 323 g/mol. The molecule has 1 rings (SSSR count). The maximum Gasteiger partial charge on any atom is 0.226 e. The highest BCUT2D eigenvalue weighted by molar-refractivity contribution is 7.49. The first kappa shape index (κ1) is 19.7. The number of hydrogen-bond donors (Lipinski definition) is 1. The first-order chi connectivity index (χ1) is 9.75. The molecule has 0 aromatic carbocycles. The molecule has 0 saturated carbocycles. The fourth-order valence-corrected chi connectivity index (χ4v) is 4.77. The second kappa shape index (κ2) is 6.62. The Bertz CT molecular complexity index is 472. The zero-order chi connectivity index (χ0) is 17.3. The molecule has 0 saturated heterocycles. The molecule has 0 amide bonds. The molecule has 0 spiro atoms. The van der Waals surface area contributed by atoms with Gasteiger partial charge in [-0.05, 0) is 40.9 Å². The van der Waals surface area contributed by atoms with Crippen LogP contribution in [0, 0.1) is 16.7 Å². The summed E-state index contributed by atoms with van der Waals surface area (Å²) in [5, 5.41) is 10.1. The molecule has 126 valence electrons. The minimum absolute atomic E-state index is 0.248. The molecule has 1 nitrogen and oxygen atoms in total. The van der Waals surface area contributed by atoms with Crippen molar-refractivity contribution in [2.75, 3.05) is 0 Å². The molecule has 0 bridgehead atoms. The van der Waals surface area contributed by atoms with Crippen molar-refractivity contribution in [3.8, 4) is 0 Å². The van der Waals surface area contributed by atoms with Gasteiger partial charge in [-0.2, -0.15) is 0 Å². The van der Waals surface area contributed by atoms with Crippen molar-refractivity contribution in [2.24, 2.45) is 16.7 Å². The molecule has 0 aliphatic rings. The van der Waals surface area contributed by atoms with Crippen molar-refractivity contribution < 1.29 is 5.11 Å². The van der Waals surface area contributed by atoms with E-state index >= 15 is 0 Å². The lowest BCUT2D eigenvalue weighted by Crippen LogP contribution is -2.24. The minimum atomic E-state index is -0.616. The predicted molar refractivity (Wildman–Crippen MR) is 101 cm³/mol. The predicted octanol–water partition coefficient (Wildman–Crippen LogP) is 6.84. The zero-order valence-corrected chi connectivity index (χ0v) is 17.0. The normalized spacial score (nSPS) is 17.4. The van der Waals surface area contributed by atoms with Crippen LogP contribution in [0.4, 0.5) is 0 Å². The van der Waals surface area contributed by atoms with Crippen molar-refractivity contribution in [2.45, 2.75) is 80.0 Å². The molecule has 1 heterocycles. The molecule has 1 aromatic heterocycles. The van der Waals surface area contributed by atoms with Gasteiger partial charge >= 0.3 is 0 Å². The van der Waals surface area contributed by atoms with Crippen LogP contribution >= 0.6 is 7.53 Å². The Balaban J connectivity index is 3.14. The van der Waals surface area contributed by atoms with Gasteiger partial charge in [0.15, 0.2) is 7.53 Å². The Morgan fingerprint density at radius 2 is 1.41 bits per heavy atom. The van der Waals surface area contributed by atoms with Crippen LogP contribution in [-0.4, -0.2) is 5.11 Å². The maximum absolute atomic E-state index is 10.7. The Hall–Kier alpha value is -0.390. The Kier molecular flexibility index (Phi) is 5.91. The number of aliphatic hydroxyl groups is 1. The molecule has 0 aliphatic heterocycles. The number of rotatable bonds is 4. The molecule has 2 heteroatoms. The van der Waals surface area contributed by atoms with Crippen LogP contribution in [0.1, 0.15) is 80.2 Å². The quantitative estimate of drug-likeness (QED) is 0.643. The van der Waals surface area contributed by atoms with Gasteiger partial charge in [0, 0.05) is 12.8 Å². The molecule has 2 unspecified atom stereocenters. The standard InChI is InChI=1S/C20H36OP/c1-15(2)20(9,21)22-12-10-16(11-13-22)17(19(6,7)8)14-18(3,4)5/h10-13,15,17,21H,14H2,1-9H3/q+1. The third-order valence-corrected chi connectivity index (χ3v) is 7.24. The van der Waals surface area contributed by atoms with Crippen LogP contribution in [0.5, 0.6) is 0 Å². The van der Waals surface area contributed by atoms with Crippen LogP contribution in [-0.2, 0) is 5.34 Å². The summed E-state index contributed by atoms with van der Waals surface area (Å²) in [7, 11) is -0.601. The lowest BCUT2D eigenvalue weighted by Gasteiger charge is -2.36. The number of hydrogen-bond acceptors (Lipinski definition) is 1. The molecular formula is C20H36OP+. The summed E-state index contributed by atoms with van der Waals surface area (Å²) in [5.74, 6) is 5.32. The van der Waals surface area contributed by atoms with E-state index < -0.39 is 12.9 Å². The fraction of sp³-hybridized carbons (Fsp3) is 0.750. The lowest BCUT2D eigenvalue weighted by atomic mass is 9.69. The van der Waals surface area contributed by atoms with Crippen molar-refractivity contribution in [3.05, 3.63) is 29.3 Å². The maximum atomic E-state index is 10.7. The van der Waals surface area contributed by atoms with Gasteiger partial charge in [0.25, 0.3) is 0 Å². The van der Waals surface area contributed by atoms with E-state index in [2.05, 4.69) is 79.1 Å². The highest BCUT2D eigenvalue weighted by Crippen LogP contribution is 2.49. The van der Waals surface area contributed by atoms with Gasteiger partial charge in [0.1, 0.15) is 11.6 Å². The van der Waals surface area contributed by atoms with Crippen LogP contribution in [0.3, 0.4) is 0 Å². The Labute approximate surface area is 139 Å². The van der Waals surface area contributed by atoms with Crippen LogP contribution in [0.2, 0.25) is 0 Å². The van der Waals surface area contributed by atoms with Gasteiger partial charge in [0.2, 0.25) is 5.34 Å².